The molecule has 0 fully saturated rings. The van der Waals surface area contributed by atoms with E-state index in [1.165, 1.54) is 0 Å². The maximum absolute atomic E-state index is 6.42. The number of methoxy groups -OCH3 is 2. The molecule has 4 nitrogen and oxygen atoms in total. The van der Waals surface area contributed by atoms with Crippen LogP contribution in [0.5, 0.6) is 17.2 Å². The van der Waals surface area contributed by atoms with Gasteiger partial charge in [0.05, 0.1) is 26.9 Å². The Morgan fingerprint density at radius 1 is 0.917 bits per heavy atom. The van der Waals surface area contributed by atoms with Gasteiger partial charge in [-0.25, -0.2) is 0 Å². The number of ether oxygens (including phenoxy) is 3. The summed E-state index contributed by atoms with van der Waals surface area (Å²) in [5.74, 6) is 2.31. The standard InChI is InChI=1S/C20H27NO3/c1-20(2,3)13-24-15-8-6-14(7-9-15)19(21)17-11-10-16(22-4)12-18(17)23-5/h6-12,19H,13,21H2,1-5H3. The second kappa shape index (κ2) is 7.58. The van der Waals surface area contributed by atoms with Crippen molar-refractivity contribution >= 4 is 0 Å². The van der Waals surface area contributed by atoms with E-state index in [0.717, 1.165) is 28.4 Å². The lowest BCUT2D eigenvalue weighted by molar-refractivity contribution is 0.198. The fourth-order valence-electron chi connectivity index (χ4n) is 2.33. The molecule has 2 rings (SSSR count). The predicted octanol–water partition coefficient (Wildman–Crippen LogP) is 4.18. The Hall–Kier alpha value is -2.20. The molecule has 4 heteroatoms. The van der Waals surface area contributed by atoms with Crippen molar-refractivity contribution < 1.29 is 14.2 Å². The molecule has 24 heavy (non-hydrogen) atoms. The van der Waals surface area contributed by atoms with Crippen LogP contribution in [-0.4, -0.2) is 20.8 Å². The molecule has 0 spiro atoms. The summed E-state index contributed by atoms with van der Waals surface area (Å²) >= 11 is 0. The number of hydrogen-bond donors (Lipinski definition) is 1. The average molecular weight is 329 g/mol. The van der Waals surface area contributed by atoms with Gasteiger partial charge in [-0.15, -0.1) is 0 Å². The van der Waals surface area contributed by atoms with E-state index in [9.17, 15) is 0 Å². The molecule has 0 saturated carbocycles. The van der Waals surface area contributed by atoms with Crippen molar-refractivity contribution in [3.8, 4) is 17.2 Å². The summed E-state index contributed by atoms with van der Waals surface area (Å²) in [6.07, 6.45) is 0. The average Bonchev–Trinajstić information content (AvgIpc) is 2.58. The zero-order valence-corrected chi connectivity index (χ0v) is 15.1. The van der Waals surface area contributed by atoms with Gasteiger partial charge in [-0.1, -0.05) is 32.9 Å². The van der Waals surface area contributed by atoms with Crippen LogP contribution in [0.1, 0.15) is 37.9 Å². The minimum Gasteiger partial charge on any atom is -0.497 e. The minimum atomic E-state index is -0.275. The Morgan fingerprint density at radius 2 is 1.54 bits per heavy atom. The molecular formula is C20H27NO3. The summed E-state index contributed by atoms with van der Waals surface area (Å²) in [6, 6.07) is 13.3. The molecule has 0 bridgehead atoms. The summed E-state index contributed by atoms with van der Waals surface area (Å²) < 4.78 is 16.5. The van der Waals surface area contributed by atoms with Crippen LogP contribution in [0.15, 0.2) is 42.5 Å². The van der Waals surface area contributed by atoms with Crippen LogP contribution in [0.4, 0.5) is 0 Å². The molecule has 0 aliphatic heterocycles. The Bertz CT molecular complexity index is 660. The Morgan fingerprint density at radius 3 is 2.08 bits per heavy atom. The van der Waals surface area contributed by atoms with Crippen LogP contribution in [0.3, 0.4) is 0 Å². The lowest BCUT2D eigenvalue weighted by atomic mass is 9.98. The molecule has 1 atom stereocenters. The van der Waals surface area contributed by atoms with E-state index in [-0.39, 0.29) is 11.5 Å². The molecule has 2 aromatic rings. The maximum Gasteiger partial charge on any atom is 0.127 e. The van der Waals surface area contributed by atoms with Crippen LogP contribution in [-0.2, 0) is 0 Å². The largest absolute Gasteiger partial charge is 0.497 e. The zero-order valence-electron chi connectivity index (χ0n) is 15.1. The van der Waals surface area contributed by atoms with Gasteiger partial charge in [-0.05, 0) is 35.2 Å². The van der Waals surface area contributed by atoms with Gasteiger partial charge >= 0.3 is 0 Å². The van der Waals surface area contributed by atoms with Crippen molar-refractivity contribution in [3.63, 3.8) is 0 Å². The van der Waals surface area contributed by atoms with Crippen LogP contribution >= 0.6 is 0 Å². The van der Waals surface area contributed by atoms with Gasteiger partial charge in [-0.3, -0.25) is 0 Å². The molecule has 0 aliphatic rings. The van der Waals surface area contributed by atoms with Gasteiger partial charge in [0, 0.05) is 11.6 Å². The number of benzene rings is 2. The third-order valence-electron chi connectivity index (χ3n) is 3.69. The summed E-state index contributed by atoms with van der Waals surface area (Å²) in [6.45, 7) is 7.11. The van der Waals surface area contributed by atoms with E-state index in [4.69, 9.17) is 19.9 Å². The number of nitrogens with two attached hydrogens (primary N) is 1. The second-order valence-electron chi connectivity index (χ2n) is 7.00. The fraction of sp³-hybridized carbons (Fsp3) is 0.400. The zero-order chi connectivity index (χ0) is 17.7. The highest BCUT2D eigenvalue weighted by Crippen LogP contribution is 2.32. The molecule has 0 radical (unpaired) electrons. The molecule has 0 amide bonds. The van der Waals surface area contributed by atoms with Gasteiger partial charge in [0.15, 0.2) is 0 Å². The van der Waals surface area contributed by atoms with E-state index in [2.05, 4.69) is 20.8 Å². The molecule has 2 aromatic carbocycles. The first kappa shape index (κ1) is 18.1. The van der Waals surface area contributed by atoms with Crippen molar-refractivity contribution in [1.82, 2.24) is 0 Å². The van der Waals surface area contributed by atoms with Crippen molar-refractivity contribution in [2.75, 3.05) is 20.8 Å². The minimum absolute atomic E-state index is 0.130. The van der Waals surface area contributed by atoms with Gasteiger partial charge in [0.25, 0.3) is 0 Å². The Labute approximate surface area is 144 Å². The molecule has 0 heterocycles. The lowest BCUT2D eigenvalue weighted by Crippen LogP contribution is -2.17. The van der Waals surface area contributed by atoms with E-state index in [1.54, 1.807) is 14.2 Å². The fourth-order valence-corrected chi connectivity index (χ4v) is 2.33. The normalized spacial score (nSPS) is 12.6. The first-order valence-corrected chi connectivity index (χ1v) is 8.04. The van der Waals surface area contributed by atoms with E-state index in [0.29, 0.717) is 6.61 Å². The molecule has 0 aromatic heterocycles. The topological polar surface area (TPSA) is 53.7 Å². The Balaban J connectivity index is 2.16. The van der Waals surface area contributed by atoms with Crippen LogP contribution < -0.4 is 19.9 Å². The quantitative estimate of drug-likeness (QED) is 0.864. The summed E-state index contributed by atoms with van der Waals surface area (Å²) in [5.41, 5.74) is 8.47. The summed E-state index contributed by atoms with van der Waals surface area (Å²) in [7, 11) is 3.26. The second-order valence-corrected chi connectivity index (χ2v) is 7.00. The SMILES string of the molecule is COc1ccc(C(N)c2ccc(OCC(C)(C)C)cc2)c(OC)c1. The highest BCUT2D eigenvalue weighted by molar-refractivity contribution is 5.46. The van der Waals surface area contributed by atoms with Gasteiger partial charge in [0.2, 0.25) is 0 Å². The van der Waals surface area contributed by atoms with Crippen molar-refractivity contribution in [1.29, 1.82) is 0 Å². The van der Waals surface area contributed by atoms with Crippen LogP contribution in [0.25, 0.3) is 0 Å². The van der Waals surface area contributed by atoms with E-state index < -0.39 is 0 Å². The highest BCUT2D eigenvalue weighted by Gasteiger charge is 2.16. The maximum atomic E-state index is 6.42. The monoisotopic (exact) mass is 329 g/mol. The number of rotatable bonds is 6. The Kier molecular flexibility index (Phi) is 5.73. The third-order valence-corrected chi connectivity index (χ3v) is 3.69. The smallest absolute Gasteiger partial charge is 0.127 e. The van der Waals surface area contributed by atoms with E-state index in [1.807, 2.05) is 42.5 Å². The van der Waals surface area contributed by atoms with E-state index >= 15 is 0 Å². The van der Waals surface area contributed by atoms with Gasteiger partial charge in [0.1, 0.15) is 17.2 Å². The van der Waals surface area contributed by atoms with Crippen molar-refractivity contribution in [2.24, 2.45) is 11.1 Å². The van der Waals surface area contributed by atoms with Crippen molar-refractivity contribution in [2.45, 2.75) is 26.8 Å². The number of hydrogen-bond acceptors (Lipinski definition) is 4. The molecule has 0 aliphatic carbocycles. The molecule has 2 N–H and O–H groups in total. The first-order chi connectivity index (χ1) is 11.3. The summed E-state index contributed by atoms with van der Waals surface area (Å²) in [4.78, 5) is 0. The third kappa shape index (κ3) is 4.65. The highest BCUT2D eigenvalue weighted by atomic mass is 16.5. The molecule has 130 valence electrons. The van der Waals surface area contributed by atoms with Crippen LogP contribution in [0.2, 0.25) is 0 Å². The predicted molar refractivity (Wildman–Crippen MR) is 97.0 cm³/mol. The van der Waals surface area contributed by atoms with Crippen LogP contribution in [0, 0.1) is 5.41 Å². The molecule has 0 saturated heterocycles. The van der Waals surface area contributed by atoms with Gasteiger partial charge in [-0.2, -0.15) is 0 Å². The van der Waals surface area contributed by atoms with Crippen molar-refractivity contribution in [3.05, 3.63) is 53.6 Å². The first-order valence-electron chi connectivity index (χ1n) is 8.04. The van der Waals surface area contributed by atoms with Gasteiger partial charge < -0.3 is 19.9 Å². The molecule has 1 unspecified atom stereocenters. The summed E-state index contributed by atoms with van der Waals surface area (Å²) in [5, 5.41) is 0. The molecular weight excluding hydrogens is 302 g/mol. The lowest BCUT2D eigenvalue weighted by Gasteiger charge is -2.20.